The van der Waals surface area contributed by atoms with E-state index in [1.54, 1.807) is 19.2 Å². The van der Waals surface area contributed by atoms with Crippen molar-refractivity contribution < 1.29 is 9.53 Å². The van der Waals surface area contributed by atoms with Gasteiger partial charge >= 0.3 is 0 Å². The van der Waals surface area contributed by atoms with E-state index in [2.05, 4.69) is 35.1 Å². The molecule has 0 saturated heterocycles. The van der Waals surface area contributed by atoms with Crippen molar-refractivity contribution in [3.63, 3.8) is 0 Å². The van der Waals surface area contributed by atoms with Crippen LogP contribution in [0, 0.1) is 11.8 Å². The monoisotopic (exact) mass is 312 g/mol. The zero-order chi connectivity index (χ0) is 16.5. The third kappa shape index (κ3) is 5.46. The average molecular weight is 312 g/mol. The molecule has 1 N–H and O–H groups in total. The molecule has 0 aliphatic carbocycles. The van der Waals surface area contributed by atoms with Crippen LogP contribution in [0.4, 0.5) is 0 Å². The van der Waals surface area contributed by atoms with E-state index < -0.39 is 0 Å². The van der Waals surface area contributed by atoms with Gasteiger partial charge in [-0.3, -0.25) is 9.69 Å². The molecule has 1 aromatic rings. The van der Waals surface area contributed by atoms with Crippen LogP contribution in [0.3, 0.4) is 0 Å². The topological polar surface area (TPSA) is 41.6 Å². The SMILES string of the molecule is CCC#CCN1CC=C(CNC(=O)c2cccc(OC)c2)CC1. The van der Waals surface area contributed by atoms with Crippen molar-refractivity contribution in [2.24, 2.45) is 0 Å². The number of methoxy groups -OCH3 is 1. The summed E-state index contributed by atoms with van der Waals surface area (Å²) in [6.45, 7) is 5.40. The summed E-state index contributed by atoms with van der Waals surface area (Å²) in [6.07, 6.45) is 4.08. The summed E-state index contributed by atoms with van der Waals surface area (Å²) in [5, 5.41) is 2.98. The Morgan fingerprint density at radius 3 is 2.96 bits per heavy atom. The van der Waals surface area contributed by atoms with E-state index >= 15 is 0 Å². The lowest BCUT2D eigenvalue weighted by Gasteiger charge is -2.24. The molecule has 0 aromatic heterocycles. The zero-order valence-electron chi connectivity index (χ0n) is 13.9. The first-order valence-electron chi connectivity index (χ1n) is 8.01. The number of rotatable bonds is 5. The number of nitrogens with zero attached hydrogens (tertiary/aromatic N) is 1. The third-order valence-corrected chi connectivity index (χ3v) is 3.80. The molecule has 0 atom stereocenters. The van der Waals surface area contributed by atoms with Crippen LogP contribution in [0.5, 0.6) is 5.75 Å². The van der Waals surface area contributed by atoms with Crippen LogP contribution in [0.15, 0.2) is 35.9 Å². The lowest BCUT2D eigenvalue weighted by molar-refractivity contribution is 0.0956. The molecule has 0 fully saturated rings. The van der Waals surface area contributed by atoms with Gasteiger partial charge in [0.25, 0.3) is 5.91 Å². The molecule has 0 spiro atoms. The summed E-state index contributed by atoms with van der Waals surface area (Å²) in [6, 6.07) is 7.19. The minimum Gasteiger partial charge on any atom is -0.497 e. The number of carbonyl (C=O) groups excluding carboxylic acids is 1. The highest BCUT2D eigenvalue weighted by molar-refractivity contribution is 5.94. The fourth-order valence-electron chi connectivity index (χ4n) is 2.41. The molecule has 2 rings (SSSR count). The number of benzene rings is 1. The molecule has 0 bridgehead atoms. The van der Waals surface area contributed by atoms with E-state index in [0.717, 1.165) is 32.5 Å². The maximum absolute atomic E-state index is 12.2. The van der Waals surface area contributed by atoms with Gasteiger partial charge in [-0.15, -0.1) is 5.92 Å². The van der Waals surface area contributed by atoms with E-state index in [4.69, 9.17) is 4.74 Å². The number of amides is 1. The molecule has 0 unspecified atom stereocenters. The van der Waals surface area contributed by atoms with E-state index in [9.17, 15) is 4.79 Å². The molecule has 0 saturated carbocycles. The van der Waals surface area contributed by atoms with Crippen LogP contribution < -0.4 is 10.1 Å². The standard InChI is InChI=1S/C19H24N2O2/c1-3-4-5-11-21-12-9-16(10-13-21)15-20-19(22)17-7-6-8-18(14-17)23-2/h6-9,14H,3,10-13,15H2,1-2H3,(H,20,22). The molecule has 0 radical (unpaired) electrons. The second-order valence-electron chi connectivity index (χ2n) is 5.47. The summed E-state index contributed by atoms with van der Waals surface area (Å²) in [5.41, 5.74) is 1.90. The fraction of sp³-hybridized carbons (Fsp3) is 0.421. The van der Waals surface area contributed by atoms with Gasteiger partial charge < -0.3 is 10.1 Å². The molecule has 1 aliphatic heterocycles. The van der Waals surface area contributed by atoms with E-state index in [-0.39, 0.29) is 5.91 Å². The summed E-state index contributed by atoms with van der Waals surface area (Å²) >= 11 is 0. The summed E-state index contributed by atoms with van der Waals surface area (Å²) in [4.78, 5) is 14.5. The quantitative estimate of drug-likeness (QED) is 0.671. The van der Waals surface area contributed by atoms with Crippen LogP contribution in [0.2, 0.25) is 0 Å². The van der Waals surface area contributed by atoms with Crippen molar-refractivity contribution in [3.8, 4) is 17.6 Å². The second kappa shape index (κ2) is 9.02. The molecule has 1 amide bonds. The van der Waals surface area contributed by atoms with Crippen molar-refractivity contribution in [3.05, 3.63) is 41.5 Å². The van der Waals surface area contributed by atoms with Crippen molar-refractivity contribution >= 4 is 5.91 Å². The normalized spacial score (nSPS) is 14.4. The lowest BCUT2D eigenvalue weighted by atomic mass is 10.1. The van der Waals surface area contributed by atoms with E-state index in [1.807, 2.05) is 12.1 Å². The van der Waals surface area contributed by atoms with Gasteiger partial charge in [0, 0.05) is 31.6 Å². The maximum atomic E-state index is 12.2. The van der Waals surface area contributed by atoms with Gasteiger partial charge in [0.1, 0.15) is 5.75 Å². The molecule has 4 heteroatoms. The van der Waals surface area contributed by atoms with E-state index in [0.29, 0.717) is 17.9 Å². The molecular formula is C19H24N2O2. The van der Waals surface area contributed by atoms with Crippen LogP contribution in [-0.4, -0.2) is 44.1 Å². The van der Waals surface area contributed by atoms with Gasteiger partial charge in [0.15, 0.2) is 0 Å². The number of nitrogens with one attached hydrogen (secondary N) is 1. The lowest BCUT2D eigenvalue weighted by Crippen LogP contribution is -2.33. The maximum Gasteiger partial charge on any atom is 0.251 e. The summed E-state index contributed by atoms with van der Waals surface area (Å²) in [7, 11) is 1.60. The Hall–Kier alpha value is -2.25. The Kier molecular flexibility index (Phi) is 6.71. The van der Waals surface area contributed by atoms with Crippen LogP contribution in [0.1, 0.15) is 30.1 Å². The van der Waals surface area contributed by atoms with Crippen LogP contribution in [-0.2, 0) is 0 Å². The highest BCUT2D eigenvalue weighted by atomic mass is 16.5. The molecule has 1 heterocycles. The predicted octanol–water partition coefficient (Wildman–Crippen LogP) is 2.47. The third-order valence-electron chi connectivity index (χ3n) is 3.80. The minimum atomic E-state index is -0.0685. The van der Waals surface area contributed by atoms with Gasteiger partial charge in [-0.25, -0.2) is 0 Å². The number of ether oxygens (including phenoxy) is 1. The van der Waals surface area contributed by atoms with Crippen LogP contribution >= 0.6 is 0 Å². The largest absolute Gasteiger partial charge is 0.497 e. The fourth-order valence-corrected chi connectivity index (χ4v) is 2.41. The Labute approximate surface area is 138 Å². The van der Waals surface area contributed by atoms with Gasteiger partial charge in [0.2, 0.25) is 0 Å². The molecule has 1 aromatic carbocycles. The number of hydrogen-bond donors (Lipinski definition) is 1. The molecule has 122 valence electrons. The Bertz CT molecular complexity index is 626. The molecule has 23 heavy (non-hydrogen) atoms. The van der Waals surface area contributed by atoms with Crippen molar-refractivity contribution in [2.45, 2.75) is 19.8 Å². The Balaban J connectivity index is 1.81. The first kappa shape index (κ1) is 17.1. The number of carbonyl (C=O) groups is 1. The predicted molar refractivity (Wildman–Crippen MR) is 92.5 cm³/mol. The van der Waals surface area contributed by atoms with Crippen molar-refractivity contribution in [1.29, 1.82) is 0 Å². The van der Waals surface area contributed by atoms with E-state index in [1.165, 1.54) is 5.57 Å². The van der Waals surface area contributed by atoms with Gasteiger partial charge in [0.05, 0.1) is 13.7 Å². The number of hydrogen-bond acceptors (Lipinski definition) is 3. The van der Waals surface area contributed by atoms with Gasteiger partial charge in [-0.05, 0) is 24.6 Å². The Morgan fingerprint density at radius 2 is 2.26 bits per heavy atom. The molecular weight excluding hydrogens is 288 g/mol. The molecule has 4 nitrogen and oxygen atoms in total. The summed E-state index contributed by atoms with van der Waals surface area (Å²) in [5.74, 6) is 6.89. The average Bonchev–Trinajstić information content (AvgIpc) is 2.61. The van der Waals surface area contributed by atoms with Gasteiger partial charge in [-0.2, -0.15) is 0 Å². The summed E-state index contributed by atoms with van der Waals surface area (Å²) < 4.78 is 5.14. The van der Waals surface area contributed by atoms with Crippen molar-refractivity contribution in [2.75, 3.05) is 33.3 Å². The van der Waals surface area contributed by atoms with Gasteiger partial charge in [-0.1, -0.05) is 30.6 Å². The highest BCUT2D eigenvalue weighted by Crippen LogP contribution is 2.13. The highest BCUT2D eigenvalue weighted by Gasteiger charge is 2.12. The van der Waals surface area contributed by atoms with Crippen LogP contribution in [0.25, 0.3) is 0 Å². The smallest absolute Gasteiger partial charge is 0.251 e. The first-order chi connectivity index (χ1) is 11.2. The molecule has 1 aliphatic rings. The Morgan fingerprint density at radius 1 is 1.39 bits per heavy atom. The first-order valence-corrected chi connectivity index (χ1v) is 8.01. The van der Waals surface area contributed by atoms with Crippen molar-refractivity contribution in [1.82, 2.24) is 10.2 Å². The zero-order valence-corrected chi connectivity index (χ0v) is 13.9. The second-order valence-corrected chi connectivity index (χ2v) is 5.47. The minimum absolute atomic E-state index is 0.0685.